The second kappa shape index (κ2) is 8.48. The predicted octanol–water partition coefficient (Wildman–Crippen LogP) is 1.37. The number of likely N-dealkylation sites (tertiary alicyclic amines) is 1. The molecule has 106 valence electrons. The lowest BCUT2D eigenvalue weighted by atomic mass is 10.1. The van der Waals surface area contributed by atoms with Crippen molar-refractivity contribution in [2.75, 3.05) is 26.2 Å². The average Bonchev–Trinajstić information content (AvgIpc) is 2.61. The van der Waals surface area contributed by atoms with E-state index in [1.165, 1.54) is 19.4 Å². The maximum absolute atomic E-state index is 11.8. The van der Waals surface area contributed by atoms with Gasteiger partial charge in [-0.25, -0.2) is 0 Å². The number of nitrogens with one attached hydrogen (secondary N) is 2. The van der Waals surface area contributed by atoms with Crippen LogP contribution in [-0.2, 0) is 4.79 Å². The summed E-state index contributed by atoms with van der Waals surface area (Å²) in [5.74, 6) is 0.133. The summed E-state index contributed by atoms with van der Waals surface area (Å²) in [5.41, 5.74) is 0. The van der Waals surface area contributed by atoms with Crippen molar-refractivity contribution in [3.05, 3.63) is 0 Å². The van der Waals surface area contributed by atoms with Gasteiger partial charge in [0.25, 0.3) is 0 Å². The lowest BCUT2D eigenvalue weighted by Crippen LogP contribution is -2.47. The molecule has 2 N–H and O–H groups in total. The quantitative estimate of drug-likeness (QED) is 0.753. The number of carbonyl (C=O) groups excluding carboxylic acids is 1. The molecule has 1 heterocycles. The highest BCUT2D eigenvalue weighted by atomic mass is 16.2. The molecule has 0 aromatic heterocycles. The van der Waals surface area contributed by atoms with E-state index in [2.05, 4.69) is 29.4 Å². The molecule has 0 aromatic carbocycles. The molecule has 0 aromatic rings. The monoisotopic (exact) mass is 255 g/mol. The molecule has 1 aliphatic rings. The third kappa shape index (κ3) is 5.36. The maximum Gasteiger partial charge on any atom is 0.236 e. The summed E-state index contributed by atoms with van der Waals surface area (Å²) in [6, 6.07) is 0.415. The van der Waals surface area contributed by atoms with Gasteiger partial charge in [0.2, 0.25) is 5.91 Å². The van der Waals surface area contributed by atoms with E-state index in [9.17, 15) is 4.79 Å². The Labute approximate surface area is 111 Å². The van der Waals surface area contributed by atoms with Crippen LogP contribution in [0.5, 0.6) is 0 Å². The summed E-state index contributed by atoms with van der Waals surface area (Å²) in [7, 11) is 0. The van der Waals surface area contributed by atoms with Crippen molar-refractivity contribution in [1.29, 1.82) is 0 Å². The topological polar surface area (TPSA) is 44.4 Å². The molecule has 1 saturated heterocycles. The summed E-state index contributed by atoms with van der Waals surface area (Å²) < 4.78 is 0. The van der Waals surface area contributed by atoms with Gasteiger partial charge in [-0.15, -0.1) is 0 Å². The molecule has 0 bridgehead atoms. The van der Waals surface area contributed by atoms with Gasteiger partial charge < -0.3 is 15.5 Å². The molecule has 2 unspecified atom stereocenters. The van der Waals surface area contributed by atoms with E-state index in [0.29, 0.717) is 6.04 Å². The Morgan fingerprint density at radius 2 is 2.11 bits per heavy atom. The van der Waals surface area contributed by atoms with Gasteiger partial charge in [0, 0.05) is 12.6 Å². The van der Waals surface area contributed by atoms with Crippen LogP contribution in [0.15, 0.2) is 0 Å². The highest BCUT2D eigenvalue weighted by molar-refractivity contribution is 5.81. The summed E-state index contributed by atoms with van der Waals surface area (Å²) in [6.07, 6.45) is 4.56. The maximum atomic E-state index is 11.8. The number of amides is 1. The molecule has 18 heavy (non-hydrogen) atoms. The Morgan fingerprint density at radius 1 is 1.33 bits per heavy atom. The zero-order chi connectivity index (χ0) is 13.4. The molecule has 4 nitrogen and oxygen atoms in total. The van der Waals surface area contributed by atoms with E-state index >= 15 is 0 Å². The lowest BCUT2D eigenvalue weighted by Gasteiger charge is -2.22. The van der Waals surface area contributed by atoms with Crippen molar-refractivity contribution in [2.45, 2.75) is 58.5 Å². The molecule has 4 heteroatoms. The molecule has 0 radical (unpaired) electrons. The Kier molecular flexibility index (Phi) is 7.28. The second-order valence-electron chi connectivity index (χ2n) is 5.24. The molecular formula is C14H29N3O. The van der Waals surface area contributed by atoms with Crippen LogP contribution >= 0.6 is 0 Å². The number of carbonyl (C=O) groups is 1. The van der Waals surface area contributed by atoms with Crippen molar-refractivity contribution in [2.24, 2.45) is 0 Å². The first kappa shape index (κ1) is 15.4. The van der Waals surface area contributed by atoms with E-state index in [-0.39, 0.29) is 11.9 Å². The van der Waals surface area contributed by atoms with Crippen LogP contribution < -0.4 is 10.6 Å². The summed E-state index contributed by atoms with van der Waals surface area (Å²) >= 11 is 0. The molecular weight excluding hydrogens is 226 g/mol. The third-order valence-electron chi connectivity index (χ3n) is 3.70. The largest absolute Gasteiger partial charge is 0.355 e. The SMILES string of the molecule is CCCNC(=O)C(C)NC1CCCN(CC)CC1. The molecule has 0 saturated carbocycles. The molecule has 1 aliphatic heterocycles. The fourth-order valence-electron chi connectivity index (χ4n) is 2.47. The van der Waals surface area contributed by atoms with Gasteiger partial charge in [-0.3, -0.25) is 4.79 Å². The predicted molar refractivity (Wildman–Crippen MR) is 75.7 cm³/mol. The molecule has 1 rings (SSSR count). The van der Waals surface area contributed by atoms with E-state index in [4.69, 9.17) is 0 Å². The Hall–Kier alpha value is -0.610. The minimum Gasteiger partial charge on any atom is -0.355 e. The van der Waals surface area contributed by atoms with Crippen LogP contribution in [0.3, 0.4) is 0 Å². The van der Waals surface area contributed by atoms with E-state index < -0.39 is 0 Å². The van der Waals surface area contributed by atoms with Crippen molar-refractivity contribution in [3.63, 3.8) is 0 Å². The summed E-state index contributed by atoms with van der Waals surface area (Å²) in [6.45, 7) is 10.5. The zero-order valence-electron chi connectivity index (χ0n) is 12.2. The van der Waals surface area contributed by atoms with Crippen LogP contribution in [-0.4, -0.2) is 49.1 Å². The molecule has 0 spiro atoms. The fraction of sp³-hybridized carbons (Fsp3) is 0.929. The molecule has 1 fully saturated rings. The van der Waals surface area contributed by atoms with Crippen molar-refractivity contribution < 1.29 is 4.79 Å². The minimum atomic E-state index is -0.0743. The summed E-state index contributed by atoms with van der Waals surface area (Å²) in [5, 5.41) is 6.42. The van der Waals surface area contributed by atoms with Crippen molar-refractivity contribution in [1.82, 2.24) is 15.5 Å². The van der Waals surface area contributed by atoms with Crippen LogP contribution in [0.1, 0.15) is 46.5 Å². The van der Waals surface area contributed by atoms with Gasteiger partial charge in [-0.2, -0.15) is 0 Å². The fourth-order valence-corrected chi connectivity index (χ4v) is 2.47. The second-order valence-corrected chi connectivity index (χ2v) is 5.24. The minimum absolute atomic E-state index is 0.0743. The number of nitrogens with zero attached hydrogens (tertiary/aromatic N) is 1. The van der Waals surface area contributed by atoms with Gasteiger partial charge >= 0.3 is 0 Å². The number of rotatable bonds is 6. The number of hydrogen-bond donors (Lipinski definition) is 2. The normalized spacial score (nSPS) is 23.4. The standard InChI is InChI=1S/C14H29N3O/c1-4-9-15-14(18)12(3)16-13-7-6-10-17(5-2)11-8-13/h12-13,16H,4-11H2,1-3H3,(H,15,18). The highest BCUT2D eigenvalue weighted by Crippen LogP contribution is 2.11. The third-order valence-corrected chi connectivity index (χ3v) is 3.70. The number of hydrogen-bond acceptors (Lipinski definition) is 3. The summed E-state index contributed by atoms with van der Waals surface area (Å²) in [4.78, 5) is 14.3. The highest BCUT2D eigenvalue weighted by Gasteiger charge is 2.20. The molecule has 2 atom stereocenters. The van der Waals surface area contributed by atoms with Crippen LogP contribution in [0.4, 0.5) is 0 Å². The van der Waals surface area contributed by atoms with Crippen LogP contribution in [0.2, 0.25) is 0 Å². The van der Waals surface area contributed by atoms with Gasteiger partial charge in [-0.1, -0.05) is 13.8 Å². The van der Waals surface area contributed by atoms with E-state index in [1.807, 2.05) is 6.92 Å². The average molecular weight is 255 g/mol. The Bertz CT molecular complexity index is 245. The van der Waals surface area contributed by atoms with E-state index in [0.717, 1.165) is 32.5 Å². The van der Waals surface area contributed by atoms with Gasteiger partial charge in [0.15, 0.2) is 0 Å². The Balaban J connectivity index is 2.30. The first-order valence-corrected chi connectivity index (χ1v) is 7.43. The van der Waals surface area contributed by atoms with Gasteiger partial charge in [0.1, 0.15) is 0 Å². The lowest BCUT2D eigenvalue weighted by molar-refractivity contribution is -0.122. The molecule has 0 aliphatic carbocycles. The zero-order valence-corrected chi connectivity index (χ0v) is 12.2. The van der Waals surface area contributed by atoms with Gasteiger partial charge in [0.05, 0.1) is 6.04 Å². The Morgan fingerprint density at radius 3 is 2.78 bits per heavy atom. The van der Waals surface area contributed by atoms with Crippen LogP contribution in [0.25, 0.3) is 0 Å². The molecule has 1 amide bonds. The van der Waals surface area contributed by atoms with Crippen molar-refractivity contribution in [3.8, 4) is 0 Å². The van der Waals surface area contributed by atoms with Crippen molar-refractivity contribution >= 4 is 5.91 Å². The first-order chi connectivity index (χ1) is 8.67. The first-order valence-electron chi connectivity index (χ1n) is 7.43. The smallest absolute Gasteiger partial charge is 0.236 e. The van der Waals surface area contributed by atoms with Crippen LogP contribution in [0, 0.1) is 0 Å². The van der Waals surface area contributed by atoms with Gasteiger partial charge in [-0.05, 0) is 52.2 Å². The van der Waals surface area contributed by atoms with E-state index in [1.54, 1.807) is 0 Å².